The Hall–Kier alpha value is -2.45. The van der Waals surface area contributed by atoms with Crippen LogP contribution >= 0.6 is 11.6 Å². The zero-order valence-electron chi connectivity index (χ0n) is 14.5. The van der Waals surface area contributed by atoms with Crippen LogP contribution in [0.5, 0.6) is 0 Å². The van der Waals surface area contributed by atoms with E-state index in [1.165, 1.54) is 0 Å². The van der Waals surface area contributed by atoms with E-state index in [-0.39, 0.29) is 24.2 Å². The van der Waals surface area contributed by atoms with Gasteiger partial charge in [-0.2, -0.15) is 0 Å². The highest BCUT2D eigenvalue weighted by Gasteiger charge is 2.23. The minimum absolute atomic E-state index is 0.152. The van der Waals surface area contributed by atoms with E-state index in [4.69, 9.17) is 11.6 Å². The molecule has 1 aromatic heterocycles. The minimum atomic E-state index is -0.408. The Morgan fingerprint density at radius 3 is 2.65 bits per heavy atom. The molecule has 2 aromatic rings. The second-order valence-corrected chi connectivity index (χ2v) is 6.62. The summed E-state index contributed by atoms with van der Waals surface area (Å²) in [5.41, 5.74) is 1.58. The SMILES string of the molecule is Cc1c(C(=O)NCC(=O)Nc2ccc(Cl)cc2)nnn1C1CCNCC1. The number of halogens is 1. The number of carbonyl (C=O) groups excluding carboxylic acids is 2. The van der Waals surface area contributed by atoms with Gasteiger partial charge < -0.3 is 16.0 Å². The van der Waals surface area contributed by atoms with Crippen molar-refractivity contribution in [2.45, 2.75) is 25.8 Å². The van der Waals surface area contributed by atoms with E-state index in [1.807, 2.05) is 11.6 Å². The first kappa shape index (κ1) is 18.3. The number of anilines is 1. The number of piperidine rings is 1. The number of nitrogens with one attached hydrogen (secondary N) is 3. The number of amides is 2. The Morgan fingerprint density at radius 1 is 1.27 bits per heavy atom. The number of rotatable bonds is 5. The van der Waals surface area contributed by atoms with Crippen LogP contribution < -0.4 is 16.0 Å². The van der Waals surface area contributed by atoms with Gasteiger partial charge in [0.25, 0.3) is 5.91 Å². The maximum atomic E-state index is 12.3. The molecule has 138 valence electrons. The van der Waals surface area contributed by atoms with Crippen LogP contribution in [-0.2, 0) is 4.79 Å². The molecule has 0 radical (unpaired) electrons. The second kappa shape index (κ2) is 8.29. The molecule has 0 aliphatic carbocycles. The van der Waals surface area contributed by atoms with Gasteiger partial charge in [-0.1, -0.05) is 16.8 Å². The minimum Gasteiger partial charge on any atom is -0.342 e. The number of aromatic nitrogens is 3. The molecule has 0 spiro atoms. The van der Waals surface area contributed by atoms with Crippen LogP contribution in [-0.4, -0.2) is 46.4 Å². The fourth-order valence-electron chi connectivity index (χ4n) is 2.93. The van der Waals surface area contributed by atoms with E-state index in [1.54, 1.807) is 24.3 Å². The average molecular weight is 377 g/mol. The first-order valence-corrected chi connectivity index (χ1v) is 8.88. The molecule has 2 amide bonds. The molecule has 3 rings (SSSR count). The molecule has 1 aromatic carbocycles. The van der Waals surface area contributed by atoms with Gasteiger partial charge in [0, 0.05) is 10.7 Å². The zero-order valence-corrected chi connectivity index (χ0v) is 15.2. The first-order chi connectivity index (χ1) is 12.5. The third-order valence-electron chi connectivity index (χ3n) is 4.33. The van der Waals surface area contributed by atoms with Crippen molar-refractivity contribution in [3.8, 4) is 0 Å². The van der Waals surface area contributed by atoms with E-state index in [2.05, 4.69) is 26.3 Å². The summed E-state index contributed by atoms with van der Waals surface area (Å²) in [5.74, 6) is -0.738. The Kier molecular flexibility index (Phi) is 5.85. The molecule has 0 atom stereocenters. The molecule has 3 N–H and O–H groups in total. The van der Waals surface area contributed by atoms with Crippen molar-refractivity contribution in [2.75, 3.05) is 25.0 Å². The van der Waals surface area contributed by atoms with E-state index in [0.29, 0.717) is 16.4 Å². The molecule has 2 heterocycles. The molecule has 26 heavy (non-hydrogen) atoms. The molecule has 1 aliphatic rings. The summed E-state index contributed by atoms with van der Waals surface area (Å²) in [6.07, 6.45) is 1.91. The van der Waals surface area contributed by atoms with E-state index >= 15 is 0 Å². The molecule has 1 fully saturated rings. The quantitative estimate of drug-likeness (QED) is 0.734. The second-order valence-electron chi connectivity index (χ2n) is 6.19. The van der Waals surface area contributed by atoms with Gasteiger partial charge in [0.1, 0.15) is 0 Å². The Bertz CT molecular complexity index is 783. The summed E-state index contributed by atoms with van der Waals surface area (Å²) < 4.78 is 1.81. The number of carbonyl (C=O) groups is 2. The Morgan fingerprint density at radius 2 is 1.96 bits per heavy atom. The van der Waals surface area contributed by atoms with Crippen molar-refractivity contribution < 1.29 is 9.59 Å². The smallest absolute Gasteiger partial charge is 0.274 e. The van der Waals surface area contributed by atoms with Gasteiger partial charge in [-0.15, -0.1) is 5.10 Å². The van der Waals surface area contributed by atoms with Crippen LogP contribution in [0.3, 0.4) is 0 Å². The molecule has 1 saturated heterocycles. The van der Waals surface area contributed by atoms with E-state index < -0.39 is 5.91 Å². The Labute approximate surface area is 156 Å². The third kappa shape index (κ3) is 4.39. The summed E-state index contributed by atoms with van der Waals surface area (Å²) in [4.78, 5) is 24.3. The van der Waals surface area contributed by atoms with Crippen molar-refractivity contribution >= 4 is 29.1 Å². The highest BCUT2D eigenvalue weighted by atomic mass is 35.5. The fraction of sp³-hybridized carbons (Fsp3) is 0.412. The lowest BCUT2D eigenvalue weighted by Crippen LogP contribution is -2.33. The summed E-state index contributed by atoms with van der Waals surface area (Å²) in [6.45, 7) is 3.53. The number of benzene rings is 1. The summed E-state index contributed by atoms with van der Waals surface area (Å²) >= 11 is 5.80. The molecular weight excluding hydrogens is 356 g/mol. The normalized spacial score (nSPS) is 14.8. The topological polar surface area (TPSA) is 101 Å². The number of hydrogen-bond donors (Lipinski definition) is 3. The van der Waals surface area contributed by atoms with Crippen LogP contribution in [0, 0.1) is 6.92 Å². The lowest BCUT2D eigenvalue weighted by atomic mass is 10.1. The van der Waals surface area contributed by atoms with Crippen molar-refractivity contribution in [2.24, 2.45) is 0 Å². The van der Waals surface area contributed by atoms with E-state index in [9.17, 15) is 9.59 Å². The standard InChI is InChI=1S/C17H21ClN6O2/c1-11-16(22-23-24(11)14-6-8-19-9-7-14)17(26)20-10-15(25)21-13-4-2-12(18)3-5-13/h2-5,14,19H,6-10H2,1H3,(H,20,26)(H,21,25). The van der Waals surface area contributed by atoms with Gasteiger partial charge in [-0.25, -0.2) is 4.68 Å². The van der Waals surface area contributed by atoms with Crippen molar-refractivity contribution in [1.29, 1.82) is 0 Å². The van der Waals surface area contributed by atoms with Gasteiger partial charge in [-0.05, 0) is 57.1 Å². The lowest BCUT2D eigenvalue weighted by Gasteiger charge is -2.23. The first-order valence-electron chi connectivity index (χ1n) is 8.50. The predicted molar refractivity (Wildman–Crippen MR) is 98.3 cm³/mol. The molecule has 9 heteroatoms. The highest BCUT2D eigenvalue weighted by Crippen LogP contribution is 2.20. The fourth-order valence-corrected chi connectivity index (χ4v) is 3.06. The summed E-state index contributed by atoms with van der Waals surface area (Å²) in [5, 5.41) is 17.3. The largest absolute Gasteiger partial charge is 0.342 e. The van der Waals surface area contributed by atoms with Crippen LogP contribution in [0.1, 0.15) is 35.1 Å². The number of nitrogens with zero attached hydrogens (tertiary/aromatic N) is 3. The maximum Gasteiger partial charge on any atom is 0.274 e. The van der Waals surface area contributed by atoms with Crippen LogP contribution in [0.2, 0.25) is 5.02 Å². The molecule has 1 aliphatic heterocycles. The van der Waals surface area contributed by atoms with E-state index in [0.717, 1.165) is 25.9 Å². The molecular formula is C17H21ClN6O2. The monoisotopic (exact) mass is 376 g/mol. The maximum absolute atomic E-state index is 12.3. The average Bonchev–Trinajstić information content (AvgIpc) is 3.04. The number of hydrogen-bond acceptors (Lipinski definition) is 5. The lowest BCUT2D eigenvalue weighted by molar-refractivity contribution is -0.115. The van der Waals surface area contributed by atoms with Gasteiger partial charge in [0.05, 0.1) is 18.3 Å². The van der Waals surface area contributed by atoms with Gasteiger partial charge in [-0.3, -0.25) is 9.59 Å². The predicted octanol–water partition coefficient (Wildman–Crippen LogP) is 1.53. The summed E-state index contributed by atoms with van der Waals surface area (Å²) in [6, 6.07) is 6.99. The van der Waals surface area contributed by atoms with Gasteiger partial charge in [0.15, 0.2) is 5.69 Å². The molecule has 0 bridgehead atoms. The van der Waals surface area contributed by atoms with Gasteiger partial charge >= 0.3 is 0 Å². The van der Waals surface area contributed by atoms with Crippen molar-refractivity contribution in [3.05, 3.63) is 40.7 Å². The molecule has 0 saturated carbocycles. The van der Waals surface area contributed by atoms with Gasteiger partial charge in [0.2, 0.25) is 5.91 Å². The van der Waals surface area contributed by atoms with Crippen LogP contribution in [0.25, 0.3) is 0 Å². The zero-order chi connectivity index (χ0) is 18.5. The summed E-state index contributed by atoms with van der Waals surface area (Å²) in [7, 11) is 0. The van der Waals surface area contributed by atoms with Crippen LogP contribution in [0.15, 0.2) is 24.3 Å². The van der Waals surface area contributed by atoms with Crippen molar-refractivity contribution in [1.82, 2.24) is 25.6 Å². The molecule has 0 unspecified atom stereocenters. The highest BCUT2D eigenvalue weighted by molar-refractivity contribution is 6.30. The molecule has 8 nitrogen and oxygen atoms in total. The van der Waals surface area contributed by atoms with Crippen LogP contribution in [0.4, 0.5) is 5.69 Å². The third-order valence-corrected chi connectivity index (χ3v) is 4.59. The Balaban J connectivity index is 1.55. The van der Waals surface area contributed by atoms with Crippen molar-refractivity contribution in [3.63, 3.8) is 0 Å².